The Balaban J connectivity index is 0. The summed E-state index contributed by atoms with van der Waals surface area (Å²) in [6.07, 6.45) is 0. The van der Waals surface area contributed by atoms with Crippen LogP contribution in [0.1, 0.15) is 6.92 Å². The van der Waals surface area contributed by atoms with E-state index in [0.29, 0.717) is 0 Å². The van der Waals surface area contributed by atoms with Gasteiger partial charge in [-0.2, -0.15) is 0 Å². The van der Waals surface area contributed by atoms with Crippen LogP contribution in [0, 0.1) is 29.5 Å². The van der Waals surface area contributed by atoms with Gasteiger partial charge in [-0.3, -0.25) is 4.79 Å². The molecule has 0 aromatic rings. The fourth-order valence-electron chi connectivity index (χ4n) is 0. The molecule has 0 heterocycles. The summed E-state index contributed by atoms with van der Waals surface area (Å²) in [4.78, 5) is 9.00. The van der Waals surface area contributed by atoms with E-state index in [-0.39, 0.29) is 29.5 Å². The van der Waals surface area contributed by atoms with E-state index in [2.05, 4.69) is 0 Å². The molecule has 34 valence electrons. The molecule has 0 saturated heterocycles. The monoisotopic (exact) mass is 314 g/mol. The zero-order valence-corrected chi connectivity index (χ0v) is 7.43. The Kier molecular flexibility index (Phi) is 14.4. The van der Waals surface area contributed by atoms with Crippen LogP contribution in [0.4, 0.5) is 0 Å². The van der Waals surface area contributed by atoms with Crippen molar-refractivity contribution >= 4 is 5.97 Å². The molecular weight excluding hydrogens is 310 g/mol. The van der Waals surface area contributed by atoms with E-state index >= 15 is 0 Å². The van der Waals surface area contributed by atoms with E-state index in [1.54, 1.807) is 0 Å². The van der Waals surface area contributed by atoms with Gasteiger partial charge in [0, 0.05) is 6.92 Å². The maximum absolute atomic E-state index is 9.00. The van der Waals surface area contributed by atoms with Gasteiger partial charge in [0.2, 0.25) is 0 Å². The first-order valence-corrected chi connectivity index (χ1v) is 2.83. The second-order valence-corrected chi connectivity index (χ2v) is 0.519. The Hall–Kier alpha value is 0.322. The number of carbonyl (C=O) groups is 1. The van der Waals surface area contributed by atoms with Gasteiger partial charge in [0.15, 0.2) is 0 Å². The van der Waals surface area contributed by atoms with Crippen LogP contribution >= 0.6 is 0 Å². The molecule has 0 radical (unpaired) electrons. The van der Waals surface area contributed by atoms with Crippen molar-refractivity contribution in [3.63, 3.8) is 0 Å². The van der Waals surface area contributed by atoms with Crippen LogP contribution in [-0.2, 0) is 7.03 Å². The molecule has 0 aromatic heterocycles. The van der Waals surface area contributed by atoms with Gasteiger partial charge in [-0.15, -0.1) is 0 Å². The predicted octanol–water partition coefficient (Wildman–Crippen LogP) is -0.0279. The van der Waals surface area contributed by atoms with Gasteiger partial charge in [0.1, 0.15) is 0 Å². The minimum absolute atomic E-state index is 0.0918. The SMILES string of the molecule is CC(=O)O.[O]=[U]. The summed E-state index contributed by atoms with van der Waals surface area (Å²) in [5.41, 5.74) is 0. The average molecular weight is 314 g/mol. The molecule has 0 bridgehead atoms. The van der Waals surface area contributed by atoms with Crippen molar-refractivity contribution in [1.29, 1.82) is 0 Å². The first-order chi connectivity index (χ1) is 2.73. The molecule has 0 aliphatic heterocycles. The summed E-state index contributed by atoms with van der Waals surface area (Å²) in [6, 6.07) is 0. The average Bonchev–Trinajstić information content (AvgIpc) is 1.41. The standard InChI is InChI=1S/C2H4O2.O.U/c1-2(3)4;;/h1H3,(H,3,4);;. The van der Waals surface area contributed by atoms with Crippen LogP contribution in [0.5, 0.6) is 0 Å². The summed E-state index contributed by atoms with van der Waals surface area (Å²) in [5, 5.41) is 7.42. The normalized spacial score (nSPS) is 5.17. The zero-order valence-electron chi connectivity index (χ0n) is 3.26. The van der Waals surface area contributed by atoms with Crippen molar-refractivity contribution < 1.29 is 41.6 Å². The van der Waals surface area contributed by atoms with Crippen LogP contribution in [0.25, 0.3) is 0 Å². The van der Waals surface area contributed by atoms with Crippen LogP contribution < -0.4 is 0 Å². The summed E-state index contributed by atoms with van der Waals surface area (Å²) in [5.74, 6) is -0.833. The first-order valence-electron chi connectivity index (χ1n) is 1.13. The van der Waals surface area contributed by atoms with Crippen LogP contribution in [0.3, 0.4) is 0 Å². The molecule has 3 nitrogen and oxygen atoms in total. The molecule has 0 saturated carbocycles. The molecule has 0 spiro atoms. The molecular formula is C2H4O3U. The number of carboxylic acids is 1. The summed E-state index contributed by atoms with van der Waals surface area (Å²) in [7, 11) is 0. The Bertz CT molecular complexity index is 40.1. The van der Waals surface area contributed by atoms with E-state index in [0.717, 1.165) is 6.92 Å². The number of rotatable bonds is 0. The number of hydrogen-bond donors (Lipinski definition) is 1. The second-order valence-electron chi connectivity index (χ2n) is 0.519. The number of hydrogen-bond acceptors (Lipinski definition) is 2. The van der Waals surface area contributed by atoms with E-state index in [1.165, 1.54) is 0 Å². The third-order valence-corrected chi connectivity index (χ3v) is 0. The molecule has 0 aliphatic rings. The van der Waals surface area contributed by atoms with Gasteiger partial charge in [0.25, 0.3) is 5.97 Å². The molecule has 0 amide bonds. The van der Waals surface area contributed by atoms with E-state index in [9.17, 15) is 0 Å². The van der Waals surface area contributed by atoms with Gasteiger partial charge in [-0.05, 0) is 0 Å². The summed E-state index contributed by atoms with van der Waals surface area (Å²) in [6.45, 7) is 1.08. The summed E-state index contributed by atoms with van der Waals surface area (Å²) < 4.78 is 8.42. The van der Waals surface area contributed by atoms with Gasteiger partial charge >= 0.3 is 31.7 Å². The Morgan fingerprint density at radius 3 is 1.67 bits per heavy atom. The van der Waals surface area contributed by atoms with Crippen molar-refractivity contribution in [3.8, 4) is 0 Å². The third kappa shape index (κ3) is 460. The third-order valence-electron chi connectivity index (χ3n) is 0. The van der Waals surface area contributed by atoms with Crippen molar-refractivity contribution in [2.24, 2.45) is 0 Å². The van der Waals surface area contributed by atoms with E-state index in [4.69, 9.17) is 12.1 Å². The van der Waals surface area contributed by atoms with Gasteiger partial charge in [-0.25, -0.2) is 0 Å². The molecule has 1 N–H and O–H groups in total. The maximum atomic E-state index is 9.00. The van der Waals surface area contributed by atoms with Crippen molar-refractivity contribution in [1.82, 2.24) is 0 Å². The molecule has 0 rings (SSSR count). The number of carboxylic acid groups (broad SMARTS) is 1. The molecule has 0 aliphatic carbocycles. The van der Waals surface area contributed by atoms with Gasteiger partial charge in [0.05, 0.1) is 0 Å². The van der Waals surface area contributed by atoms with E-state index in [1.807, 2.05) is 0 Å². The first kappa shape index (κ1) is 9.59. The molecule has 0 unspecified atom stereocenters. The zero-order chi connectivity index (χ0) is 5.58. The fraction of sp³-hybridized carbons (Fsp3) is 0.500. The topological polar surface area (TPSA) is 54.4 Å². The molecule has 0 atom stereocenters. The Labute approximate surface area is 54.5 Å². The van der Waals surface area contributed by atoms with Crippen molar-refractivity contribution in [3.05, 3.63) is 0 Å². The summed E-state index contributed by atoms with van der Waals surface area (Å²) >= 11 is -0.0918. The Morgan fingerprint density at radius 2 is 1.67 bits per heavy atom. The van der Waals surface area contributed by atoms with Gasteiger partial charge in [-0.1, -0.05) is 0 Å². The second kappa shape index (κ2) is 9.01. The van der Waals surface area contributed by atoms with Crippen molar-refractivity contribution in [2.45, 2.75) is 6.92 Å². The van der Waals surface area contributed by atoms with Crippen LogP contribution in [0.15, 0.2) is 0 Å². The van der Waals surface area contributed by atoms with Gasteiger partial charge < -0.3 is 5.11 Å². The molecule has 6 heavy (non-hydrogen) atoms. The minimum atomic E-state index is -0.833. The van der Waals surface area contributed by atoms with Crippen molar-refractivity contribution in [2.75, 3.05) is 0 Å². The number of aliphatic carboxylic acids is 1. The molecule has 4 heteroatoms. The molecule has 0 fully saturated rings. The molecule has 0 aromatic carbocycles. The predicted molar refractivity (Wildman–Crippen MR) is 14.0 cm³/mol. The van der Waals surface area contributed by atoms with Crippen LogP contribution in [-0.4, -0.2) is 11.1 Å². The quantitative estimate of drug-likeness (QED) is 0.683. The Morgan fingerprint density at radius 1 is 1.67 bits per heavy atom. The van der Waals surface area contributed by atoms with Crippen LogP contribution in [0.2, 0.25) is 0 Å². The van der Waals surface area contributed by atoms with E-state index < -0.39 is 5.97 Å². The fourth-order valence-corrected chi connectivity index (χ4v) is 0.